The molecule has 2 amide bonds. The summed E-state index contributed by atoms with van der Waals surface area (Å²) in [4.78, 5) is 26.4. The van der Waals surface area contributed by atoms with Crippen molar-refractivity contribution < 1.29 is 14.3 Å². The van der Waals surface area contributed by atoms with E-state index in [0.717, 1.165) is 24.2 Å². The van der Waals surface area contributed by atoms with Crippen molar-refractivity contribution in [1.29, 1.82) is 0 Å². The quantitative estimate of drug-likeness (QED) is 0.694. The zero-order valence-corrected chi connectivity index (χ0v) is 12.4. The fourth-order valence-electron chi connectivity index (χ4n) is 2.33. The van der Waals surface area contributed by atoms with Crippen LogP contribution in [0.25, 0.3) is 0 Å². The van der Waals surface area contributed by atoms with Crippen LogP contribution in [0.15, 0.2) is 11.1 Å². The molecule has 0 bridgehead atoms. The van der Waals surface area contributed by atoms with Gasteiger partial charge in [-0.25, -0.2) is 0 Å². The van der Waals surface area contributed by atoms with E-state index in [0.29, 0.717) is 13.2 Å². The number of nitrogens with zero attached hydrogens (tertiary/aromatic N) is 1. The summed E-state index contributed by atoms with van der Waals surface area (Å²) < 4.78 is 5.36. The third-order valence-corrected chi connectivity index (χ3v) is 3.65. The second-order valence-corrected chi connectivity index (χ2v) is 5.58. The van der Waals surface area contributed by atoms with Crippen molar-refractivity contribution in [1.82, 2.24) is 15.5 Å². The van der Waals surface area contributed by atoms with E-state index in [9.17, 15) is 9.59 Å². The highest BCUT2D eigenvalue weighted by molar-refractivity contribution is 5.97. The molecule has 0 radical (unpaired) electrons. The number of ether oxygens (including phenoxy) is 1. The van der Waals surface area contributed by atoms with E-state index in [1.165, 1.54) is 0 Å². The number of morpholine rings is 1. The molecule has 2 aliphatic rings. The van der Waals surface area contributed by atoms with Crippen LogP contribution in [0.4, 0.5) is 0 Å². The second kappa shape index (κ2) is 6.37. The van der Waals surface area contributed by atoms with E-state index in [4.69, 9.17) is 4.74 Å². The van der Waals surface area contributed by atoms with Gasteiger partial charge in [0.05, 0.1) is 13.2 Å². The van der Waals surface area contributed by atoms with Gasteiger partial charge in [-0.2, -0.15) is 0 Å². The van der Waals surface area contributed by atoms with Crippen LogP contribution >= 0.6 is 0 Å². The second-order valence-electron chi connectivity index (χ2n) is 5.58. The summed E-state index contributed by atoms with van der Waals surface area (Å²) in [6.07, 6.45) is 0. The number of nitrogens with one attached hydrogen (secondary N) is 2. The maximum absolute atomic E-state index is 12.5. The van der Waals surface area contributed by atoms with Crippen molar-refractivity contribution in [3.63, 3.8) is 0 Å². The molecule has 2 fully saturated rings. The van der Waals surface area contributed by atoms with Crippen molar-refractivity contribution >= 4 is 11.8 Å². The van der Waals surface area contributed by atoms with E-state index in [2.05, 4.69) is 10.6 Å². The van der Waals surface area contributed by atoms with Crippen LogP contribution in [0.1, 0.15) is 20.8 Å². The largest absolute Gasteiger partial charge is 0.377 e. The topological polar surface area (TPSA) is 70.7 Å². The van der Waals surface area contributed by atoms with Crippen molar-refractivity contribution in [3.05, 3.63) is 11.1 Å². The lowest BCUT2D eigenvalue weighted by Crippen LogP contribution is -2.57. The zero-order chi connectivity index (χ0) is 14.7. The Morgan fingerprint density at radius 3 is 2.65 bits per heavy atom. The number of hydrogen-bond donors (Lipinski definition) is 2. The summed E-state index contributed by atoms with van der Waals surface area (Å²) in [6.45, 7) is 8.40. The first-order chi connectivity index (χ1) is 9.50. The summed E-state index contributed by atoms with van der Waals surface area (Å²) >= 11 is 0. The molecule has 0 saturated carbocycles. The molecule has 1 unspecified atom stereocenters. The Kier molecular flexibility index (Phi) is 4.77. The van der Waals surface area contributed by atoms with Crippen LogP contribution in [0, 0.1) is 0 Å². The molecule has 0 aliphatic carbocycles. The molecule has 0 spiro atoms. The third kappa shape index (κ3) is 3.19. The fourth-order valence-corrected chi connectivity index (χ4v) is 2.33. The first-order valence-electron chi connectivity index (χ1n) is 7.09. The molecular formula is C14H23N3O3. The van der Waals surface area contributed by atoms with Crippen molar-refractivity contribution in [2.45, 2.75) is 32.9 Å². The zero-order valence-electron chi connectivity index (χ0n) is 12.4. The fraction of sp³-hybridized carbons (Fsp3) is 0.714. The third-order valence-electron chi connectivity index (χ3n) is 3.65. The van der Waals surface area contributed by atoms with Gasteiger partial charge >= 0.3 is 0 Å². The molecule has 2 heterocycles. The summed E-state index contributed by atoms with van der Waals surface area (Å²) in [5, 5.41) is 5.98. The Hall–Kier alpha value is -1.40. The van der Waals surface area contributed by atoms with E-state index in [-0.39, 0.29) is 24.5 Å². The SMILES string of the molecule is CC(C(=O)N1CCOCC1C(=O)NC(C)C)=C1CNC1. The molecule has 2 rings (SSSR count). The van der Waals surface area contributed by atoms with Gasteiger partial charge in [-0.3, -0.25) is 9.59 Å². The lowest BCUT2D eigenvalue weighted by Gasteiger charge is -2.36. The normalized spacial score (nSPS) is 22.5. The summed E-state index contributed by atoms with van der Waals surface area (Å²) in [5.74, 6) is -0.189. The molecular weight excluding hydrogens is 258 g/mol. The van der Waals surface area contributed by atoms with Crippen LogP contribution < -0.4 is 10.6 Å². The molecule has 6 nitrogen and oxygen atoms in total. The van der Waals surface area contributed by atoms with Gasteiger partial charge in [0.1, 0.15) is 6.04 Å². The van der Waals surface area contributed by atoms with Gasteiger partial charge in [0.15, 0.2) is 0 Å². The highest BCUT2D eigenvalue weighted by atomic mass is 16.5. The molecule has 0 aromatic rings. The minimum Gasteiger partial charge on any atom is -0.377 e. The summed E-state index contributed by atoms with van der Waals surface area (Å²) in [7, 11) is 0. The molecule has 2 aliphatic heterocycles. The van der Waals surface area contributed by atoms with E-state index >= 15 is 0 Å². The lowest BCUT2D eigenvalue weighted by molar-refractivity contribution is -0.146. The van der Waals surface area contributed by atoms with Gasteiger partial charge in [-0.1, -0.05) is 0 Å². The predicted octanol–water partition coefficient (Wildman–Crippen LogP) is -0.342. The molecule has 0 aromatic heterocycles. The van der Waals surface area contributed by atoms with E-state index in [1.807, 2.05) is 20.8 Å². The van der Waals surface area contributed by atoms with Crippen LogP contribution in [0.2, 0.25) is 0 Å². The number of amides is 2. The Labute approximate surface area is 119 Å². The molecule has 20 heavy (non-hydrogen) atoms. The lowest BCUT2D eigenvalue weighted by atomic mass is 10.0. The predicted molar refractivity (Wildman–Crippen MR) is 75.2 cm³/mol. The number of carbonyl (C=O) groups excluding carboxylic acids is 2. The molecule has 112 valence electrons. The molecule has 6 heteroatoms. The molecule has 2 saturated heterocycles. The number of rotatable bonds is 3. The number of hydrogen-bond acceptors (Lipinski definition) is 4. The maximum Gasteiger partial charge on any atom is 0.250 e. The summed E-state index contributed by atoms with van der Waals surface area (Å²) in [6, 6.07) is -0.473. The van der Waals surface area contributed by atoms with E-state index < -0.39 is 6.04 Å². The van der Waals surface area contributed by atoms with Crippen molar-refractivity contribution in [2.75, 3.05) is 32.8 Å². The Morgan fingerprint density at radius 2 is 2.10 bits per heavy atom. The van der Waals surface area contributed by atoms with Crippen molar-refractivity contribution in [2.24, 2.45) is 0 Å². The first-order valence-corrected chi connectivity index (χ1v) is 7.09. The van der Waals surface area contributed by atoms with Crippen LogP contribution in [-0.4, -0.2) is 61.6 Å². The molecule has 0 aromatic carbocycles. The smallest absolute Gasteiger partial charge is 0.250 e. The number of carbonyl (C=O) groups is 2. The van der Waals surface area contributed by atoms with Crippen LogP contribution in [-0.2, 0) is 14.3 Å². The van der Waals surface area contributed by atoms with Crippen molar-refractivity contribution in [3.8, 4) is 0 Å². The first kappa shape index (κ1) is 15.0. The Bertz CT molecular complexity index is 425. The average Bonchev–Trinajstić information content (AvgIpc) is 2.35. The van der Waals surface area contributed by atoms with Gasteiger partial charge in [0.2, 0.25) is 11.8 Å². The maximum atomic E-state index is 12.5. The van der Waals surface area contributed by atoms with Crippen LogP contribution in [0.3, 0.4) is 0 Å². The Morgan fingerprint density at radius 1 is 1.40 bits per heavy atom. The Balaban J connectivity index is 2.10. The highest BCUT2D eigenvalue weighted by Crippen LogP contribution is 2.16. The standard InChI is InChI=1S/C14H23N3O3/c1-9(2)16-13(18)12-8-20-5-4-17(12)14(19)10(3)11-6-15-7-11/h9,12,15H,4-8H2,1-3H3,(H,16,18). The van der Waals surface area contributed by atoms with Gasteiger partial charge in [0.25, 0.3) is 0 Å². The molecule has 1 atom stereocenters. The van der Waals surface area contributed by atoms with Gasteiger partial charge in [-0.05, 0) is 26.3 Å². The van der Waals surface area contributed by atoms with E-state index in [1.54, 1.807) is 4.90 Å². The molecule has 2 N–H and O–H groups in total. The van der Waals surface area contributed by atoms with Gasteiger partial charge in [0, 0.05) is 31.2 Å². The minimum absolute atomic E-state index is 0.0475. The highest BCUT2D eigenvalue weighted by Gasteiger charge is 2.34. The van der Waals surface area contributed by atoms with Gasteiger partial charge in [-0.15, -0.1) is 0 Å². The minimum atomic E-state index is -0.526. The monoisotopic (exact) mass is 281 g/mol. The average molecular weight is 281 g/mol. The summed E-state index contributed by atoms with van der Waals surface area (Å²) in [5.41, 5.74) is 1.89. The van der Waals surface area contributed by atoms with Gasteiger partial charge < -0.3 is 20.3 Å². The van der Waals surface area contributed by atoms with Crippen LogP contribution in [0.5, 0.6) is 0 Å².